The van der Waals surface area contributed by atoms with E-state index in [1.165, 1.54) is 167 Å². The minimum atomic E-state index is -0.291. The van der Waals surface area contributed by atoms with Crippen LogP contribution in [-0.2, 0) is 22.7 Å². The summed E-state index contributed by atoms with van der Waals surface area (Å²) in [5.74, 6) is 0. The molecule has 0 atom stereocenters. The number of fused-ring (bicyclic) bond motifs is 16. The Labute approximate surface area is 438 Å². The predicted octanol–water partition coefficient (Wildman–Crippen LogP) is 19.7. The highest BCUT2D eigenvalue weighted by molar-refractivity contribution is 6.06. The van der Waals surface area contributed by atoms with E-state index in [-0.39, 0.29) is 16.2 Å². The molecule has 0 N–H and O–H groups in total. The summed E-state index contributed by atoms with van der Waals surface area (Å²) in [6.07, 6.45) is 0.964. The van der Waals surface area contributed by atoms with Crippen molar-refractivity contribution in [2.45, 2.75) is 98.8 Å². The maximum atomic E-state index is 2.57. The molecule has 0 radical (unpaired) electrons. The average molecular weight is 954 g/mol. The molecule has 1 heteroatoms. The molecular weight excluding hydrogens is 891 g/mol. The van der Waals surface area contributed by atoms with Crippen molar-refractivity contribution >= 4 is 27.8 Å². The fourth-order valence-electron chi connectivity index (χ4n) is 15.1. The summed E-state index contributed by atoms with van der Waals surface area (Å²) in [5.41, 5.74) is 37.6. The summed E-state index contributed by atoms with van der Waals surface area (Å²) in [5, 5.41) is 2.47. The van der Waals surface area contributed by atoms with Crippen molar-refractivity contribution < 1.29 is 0 Å². The molecule has 1 nitrogen and oxygen atoms in total. The van der Waals surface area contributed by atoms with Crippen LogP contribution in [0.2, 0.25) is 0 Å². The number of rotatable bonds is 5. The molecule has 360 valence electrons. The molecule has 0 saturated carbocycles. The monoisotopic (exact) mass is 953 g/mol. The lowest BCUT2D eigenvalue weighted by molar-refractivity contribution is 0.601. The third-order valence-electron chi connectivity index (χ3n) is 18.4. The number of anilines is 3. The van der Waals surface area contributed by atoms with Crippen molar-refractivity contribution in [2.24, 2.45) is 0 Å². The molecule has 10 aromatic carbocycles. The maximum Gasteiger partial charge on any atom is 0.0540 e. The Bertz CT molecular complexity index is 4100. The van der Waals surface area contributed by atoms with Crippen LogP contribution in [-0.4, -0.2) is 0 Å². The first-order valence-corrected chi connectivity index (χ1v) is 26.9. The number of hydrogen-bond donors (Lipinski definition) is 0. The average Bonchev–Trinajstić information content (AvgIpc) is 4.08. The van der Waals surface area contributed by atoms with Crippen LogP contribution in [0, 0.1) is 34.6 Å². The molecule has 0 heterocycles. The summed E-state index contributed by atoms with van der Waals surface area (Å²) in [4.78, 5) is 2.57. The van der Waals surface area contributed by atoms with Crippen LogP contribution in [0.4, 0.5) is 17.1 Å². The van der Waals surface area contributed by atoms with E-state index < -0.39 is 0 Å². The number of aryl methyl sites for hydroxylation is 4. The second-order valence-electron chi connectivity index (χ2n) is 23.8. The number of nitrogens with zero attached hydrogens (tertiary/aromatic N) is 1. The van der Waals surface area contributed by atoms with Gasteiger partial charge < -0.3 is 4.90 Å². The molecular formula is C73H63N. The van der Waals surface area contributed by atoms with Gasteiger partial charge in [0.15, 0.2) is 0 Å². The zero-order valence-corrected chi connectivity index (χ0v) is 44.8. The molecule has 0 aromatic heterocycles. The van der Waals surface area contributed by atoms with Crippen LogP contribution in [0.15, 0.2) is 170 Å². The third kappa shape index (κ3) is 5.93. The Morgan fingerprint density at radius 1 is 0.365 bits per heavy atom. The molecule has 4 aliphatic carbocycles. The van der Waals surface area contributed by atoms with Gasteiger partial charge in [-0.05, 0) is 216 Å². The minimum absolute atomic E-state index is 0.151. The van der Waals surface area contributed by atoms with Crippen LogP contribution in [0.5, 0.6) is 0 Å². The van der Waals surface area contributed by atoms with Gasteiger partial charge >= 0.3 is 0 Å². The molecule has 0 aliphatic heterocycles. The predicted molar refractivity (Wildman–Crippen MR) is 314 cm³/mol. The van der Waals surface area contributed by atoms with E-state index in [4.69, 9.17) is 0 Å². The SMILES string of the molecule is Cc1cc(C)c(-c2cc3c(c(-c4ccccc4C)c2C)-c2ccc(N(c4ccc5c(c4)C(C)(C)c4c-5c5c(c6c4C(C)(C)c4ccccc4-6)Cc4ccccc4-5)c4cccc5ccccc45)cc2C3(C)C)c(C)c1. The van der Waals surface area contributed by atoms with E-state index in [0.717, 1.165) is 6.42 Å². The molecule has 0 spiro atoms. The summed E-state index contributed by atoms with van der Waals surface area (Å²) >= 11 is 0. The van der Waals surface area contributed by atoms with Gasteiger partial charge in [-0.15, -0.1) is 0 Å². The number of benzene rings is 10. The maximum absolute atomic E-state index is 2.57. The first kappa shape index (κ1) is 44.9. The van der Waals surface area contributed by atoms with Crippen LogP contribution in [0.3, 0.4) is 0 Å². The Morgan fingerprint density at radius 2 is 0.932 bits per heavy atom. The summed E-state index contributed by atoms with van der Waals surface area (Å²) in [7, 11) is 0. The van der Waals surface area contributed by atoms with Gasteiger partial charge in [-0.3, -0.25) is 0 Å². The summed E-state index contributed by atoms with van der Waals surface area (Å²) in [6.45, 7) is 26.3. The lowest BCUT2D eigenvalue weighted by Gasteiger charge is -2.32. The fraction of sp³-hybridized carbons (Fsp3) is 0.205. The standard InChI is InChI=1S/C73H63N/c1-41-35-43(3)63(44(4)36-41)56-40-61-67(64(45(56)5)50-25-15-12-21-42(50)2)54-33-31-48(38-59(54)71(61,6)7)74(62-30-20-24-46-22-13-16-26-51(46)62)49-32-34-55-60(39-49)73(10,11)70-68(55)65-52-27-17-14-23-47(52)37-57(65)66-53-28-18-19-29-58(53)72(8,9)69(66)70/h12-36,38-40H,37H2,1-11H3. The van der Waals surface area contributed by atoms with Gasteiger partial charge in [0.2, 0.25) is 0 Å². The summed E-state index contributed by atoms with van der Waals surface area (Å²) in [6, 6.07) is 65.4. The van der Waals surface area contributed by atoms with Crippen LogP contribution >= 0.6 is 0 Å². The van der Waals surface area contributed by atoms with Gasteiger partial charge in [-0.2, -0.15) is 0 Å². The molecule has 74 heavy (non-hydrogen) atoms. The van der Waals surface area contributed by atoms with Gasteiger partial charge in [0.25, 0.3) is 0 Å². The van der Waals surface area contributed by atoms with Crippen LogP contribution in [0.1, 0.15) is 114 Å². The Balaban J connectivity index is 1.00. The van der Waals surface area contributed by atoms with Gasteiger partial charge in [-0.25, -0.2) is 0 Å². The van der Waals surface area contributed by atoms with Crippen LogP contribution in [0.25, 0.3) is 77.5 Å². The van der Waals surface area contributed by atoms with Gasteiger partial charge in [0.1, 0.15) is 0 Å². The highest BCUT2D eigenvalue weighted by Crippen LogP contribution is 2.65. The van der Waals surface area contributed by atoms with E-state index in [1.807, 2.05) is 0 Å². The molecule has 0 bridgehead atoms. The largest absolute Gasteiger partial charge is 0.310 e. The van der Waals surface area contributed by atoms with Crippen molar-refractivity contribution in [2.75, 3.05) is 4.90 Å². The van der Waals surface area contributed by atoms with Gasteiger partial charge in [0, 0.05) is 33.0 Å². The lowest BCUT2D eigenvalue weighted by Crippen LogP contribution is -2.24. The van der Waals surface area contributed by atoms with E-state index in [0.29, 0.717) is 0 Å². The first-order valence-electron chi connectivity index (χ1n) is 26.9. The van der Waals surface area contributed by atoms with Crippen LogP contribution < -0.4 is 4.90 Å². The van der Waals surface area contributed by atoms with E-state index in [9.17, 15) is 0 Å². The van der Waals surface area contributed by atoms with Crippen molar-refractivity contribution in [1.82, 2.24) is 0 Å². The summed E-state index contributed by atoms with van der Waals surface area (Å²) < 4.78 is 0. The number of hydrogen-bond acceptors (Lipinski definition) is 1. The van der Waals surface area contributed by atoms with E-state index in [2.05, 4.69) is 251 Å². The third-order valence-corrected chi connectivity index (χ3v) is 18.4. The first-order chi connectivity index (χ1) is 35.6. The fourth-order valence-corrected chi connectivity index (χ4v) is 15.1. The lowest BCUT2D eigenvalue weighted by atomic mass is 9.71. The highest BCUT2D eigenvalue weighted by Gasteiger charge is 2.50. The van der Waals surface area contributed by atoms with E-state index in [1.54, 1.807) is 0 Å². The minimum Gasteiger partial charge on any atom is -0.310 e. The second-order valence-corrected chi connectivity index (χ2v) is 23.8. The van der Waals surface area contributed by atoms with Crippen molar-refractivity contribution in [1.29, 1.82) is 0 Å². The molecule has 0 saturated heterocycles. The Morgan fingerprint density at radius 3 is 1.66 bits per heavy atom. The molecule has 4 aliphatic rings. The molecule has 10 aromatic rings. The van der Waals surface area contributed by atoms with Gasteiger partial charge in [0.05, 0.1) is 5.69 Å². The van der Waals surface area contributed by atoms with Crippen molar-refractivity contribution in [3.05, 3.63) is 242 Å². The normalized spacial score (nSPS) is 15.2. The topological polar surface area (TPSA) is 3.24 Å². The zero-order chi connectivity index (χ0) is 50.9. The molecule has 0 fully saturated rings. The highest BCUT2D eigenvalue weighted by atomic mass is 15.1. The zero-order valence-electron chi connectivity index (χ0n) is 44.8. The molecule has 0 amide bonds. The molecule has 14 rings (SSSR count). The smallest absolute Gasteiger partial charge is 0.0540 e. The Hall–Kier alpha value is -7.74. The molecule has 0 unspecified atom stereocenters. The quantitative estimate of drug-likeness (QED) is 0.166. The Kier molecular flexibility index (Phi) is 9.35. The second kappa shape index (κ2) is 15.4. The van der Waals surface area contributed by atoms with E-state index >= 15 is 0 Å². The van der Waals surface area contributed by atoms with Crippen molar-refractivity contribution in [3.63, 3.8) is 0 Å². The van der Waals surface area contributed by atoms with Crippen molar-refractivity contribution in [3.8, 4) is 66.8 Å². The van der Waals surface area contributed by atoms with Gasteiger partial charge in [-0.1, -0.05) is 181 Å².